The number of benzene rings is 1. The summed E-state index contributed by atoms with van der Waals surface area (Å²) in [5.74, 6) is -1.50. The van der Waals surface area contributed by atoms with Gasteiger partial charge in [0.05, 0.1) is 11.7 Å². The van der Waals surface area contributed by atoms with Crippen LogP contribution in [0.15, 0.2) is 24.3 Å². The molecule has 1 aromatic carbocycles. The van der Waals surface area contributed by atoms with Crippen molar-refractivity contribution in [2.24, 2.45) is 5.92 Å². The molecule has 1 aromatic heterocycles. The minimum absolute atomic E-state index is 0.0101. The Morgan fingerprint density at radius 2 is 1.82 bits per heavy atom. The number of carbonyl (C=O) groups is 4. The molecule has 0 unspecified atom stereocenters. The standard InChI is InChI=1S/C26H33ClN6O4S/c1-32(2)26(37)15-4-9-18(29-23(35)13-22(34)28-17-7-5-16(27)6-8-17)20(12-15)30-24(36)25-31-19-10-11-33(3)14-21(19)38-25/h5-8,15,18,20H,4,9-14H2,1-3H3,(H,28,34)(H,29,35)(H,30,36)/t15-,18-,20+/m0/s1. The van der Waals surface area contributed by atoms with Gasteiger partial charge in [-0.25, -0.2) is 4.98 Å². The number of hydrogen-bond donors (Lipinski definition) is 3. The van der Waals surface area contributed by atoms with Crippen LogP contribution in [0.1, 0.15) is 46.1 Å². The maximum Gasteiger partial charge on any atom is 0.280 e. The average Bonchev–Trinajstić information content (AvgIpc) is 3.29. The number of nitrogens with one attached hydrogen (secondary N) is 3. The highest BCUT2D eigenvalue weighted by Crippen LogP contribution is 2.28. The lowest BCUT2D eigenvalue weighted by atomic mass is 9.81. The second-order valence-corrected chi connectivity index (χ2v) is 11.6. The highest BCUT2D eigenvalue weighted by molar-refractivity contribution is 7.13. The molecule has 38 heavy (non-hydrogen) atoms. The van der Waals surface area contributed by atoms with E-state index in [9.17, 15) is 19.2 Å². The quantitative estimate of drug-likeness (QED) is 0.446. The van der Waals surface area contributed by atoms with Crippen molar-refractivity contribution in [3.63, 3.8) is 0 Å². The summed E-state index contributed by atoms with van der Waals surface area (Å²) in [4.78, 5) is 60.4. The third-order valence-electron chi connectivity index (χ3n) is 6.87. The van der Waals surface area contributed by atoms with Gasteiger partial charge in [0.15, 0.2) is 5.01 Å². The van der Waals surface area contributed by atoms with Gasteiger partial charge in [-0.3, -0.25) is 19.2 Å². The Morgan fingerprint density at radius 1 is 1.08 bits per heavy atom. The smallest absolute Gasteiger partial charge is 0.280 e. The molecule has 1 saturated carbocycles. The number of halogens is 1. The number of thiazole rings is 1. The highest BCUT2D eigenvalue weighted by Gasteiger charge is 2.37. The number of likely N-dealkylation sites (N-methyl/N-ethyl adjacent to an activating group) is 1. The van der Waals surface area contributed by atoms with Gasteiger partial charge in [0, 0.05) is 61.2 Å². The maximum atomic E-state index is 13.2. The number of amides is 4. The first-order valence-electron chi connectivity index (χ1n) is 12.6. The molecular formula is C26H33ClN6O4S. The Kier molecular flexibility index (Phi) is 9.01. The molecule has 0 bridgehead atoms. The van der Waals surface area contributed by atoms with E-state index in [-0.39, 0.29) is 24.2 Å². The first kappa shape index (κ1) is 28.0. The number of carbonyl (C=O) groups excluding carboxylic acids is 4. The van der Waals surface area contributed by atoms with Crippen molar-refractivity contribution < 1.29 is 19.2 Å². The number of rotatable bonds is 7. The van der Waals surface area contributed by atoms with E-state index in [1.165, 1.54) is 11.3 Å². The predicted octanol–water partition coefficient (Wildman–Crippen LogP) is 2.28. The Labute approximate surface area is 231 Å². The van der Waals surface area contributed by atoms with Crippen LogP contribution in [-0.4, -0.2) is 78.2 Å². The molecule has 3 atom stereocenters. The fourth-order valence-corrected chi connectivity index (χ4v) is 6.10. The molecule has 4 rings (SSSR count). The summed E-state index contributed by atoms with van der Waals surface area (Å²) in [6, 6.07) is 5.71. The van der Waals surface area contributed by atoms with Crippen molar-refractivity contribution >= 4 is 52.3 Å². The fraction of sp³-hybridized carbons (Fsp3) is 0.500. The number of aromatic nitrogens is 1. The van der Waals surface area contributed by atoms with Gasteiger partial charge in [-0.2, -0.15) is 0 Å². The summed E-state index contributed by atoms with van der Waals surface area (Å²) < 4.78 is 0. The van der Waals surface area contributed by atoms with Crippen LogP contribution in [0.2, 0.25) is 5.02 Å². The van der Waals surface area contributed by atoms with E-state index in [4.69, 9.17) is 11.6 Å². The second-order valence-electron chi connectivity index (χ2n) is 10.1. The highest BCUT2D eigenvalue weighted by atomic mass is 35.5. The third-order valence-corrected chi connectivity index (χ3v) is 8.20. The summed E-state index contributed by atoms with van der Waals surface area (Å²) in [5, 5.41) is 9.55. The molecular weight excluding hydrogens is 528 g/mol. The number of anilines is 1. The zero-order valence-electron chi connectivity index (χ0n) is 21.8. The summed E-state index contributed by atoms with van der Waals surface area (Å²) in [7, 11) is 5.45. The van der Waals surface area contributed by atoms with Gasteiger partial charge in [-0.05, 0) is 50.6 Å². The van der Waals surface area contributed by atoms with Gasteiger partial charge >= 0.3 is 0 Å². The molecule has 10 nitrogen and oxygen atoms in total. The zero-order valence-corrected chi connectivity index (χ0v) is 23.3. The van der Waals surface area contributed by atoms with Crippen LogP contribution >= 0.6 is 22.9 Å². The summed E-state index contributed by atoms with van der Waals surface area (Å²) in [6.07, 6.45) is 1.89. The Balaban J connectivity index is 1.41. The molecule has 2 aliphatic rings. The molecule has 1 aliphatic carbocycles. The maximum absolute atomic E-state index is 13.2. The van der Waals surface area contributed by atoms with E-state index >= 15 is 0 Å². The summed E-state index contributed by atoms with van der Waals surface area (Å²) >= 11 is 7.26. The molecule has 0 radical (unpaired) electrons. The first-order valence-corrected chi connectivity index (χ1v) is 13.8. The molecule has 1 aliphatic heterocycles. The Morgan fingerprint density at radius 3 is 2.53 bits per heavy atom. The molecule has 4 amide bonds. The normalized spacial score (nSPS) is 21.2. The van der Waals surface area contributed by atoms with Crippen molar-refractivity contribution in [3.8, 4) is 0 Å². The minimum atomic E-state index is -0.475. The van der Waals surface area contributed by atoms with Crippen molar-refractivity contribution in [2.45, 2.75) is 50.7 Å². The van der Waals surface area contributed by atoms with Gasteiger partial charge in [0.2, 0.25) is 17.7 Å². The SMILES string of the molecule is CN1CCc2nc(C(=O)N[C@@H]3C[C@@H](C(=O)N(C)C)CC[C@@H]3NC(=O)CC(=O)Nc3ccc(Cl)cc3)sc2C1. The van der Waals surface area contributed by atoms with Gasteiger partial charge in [-0.15, -0.1) is 11.3 Å². The first-order chi connectivity index (χ1) is 18.1. The molecule has 0 spiro atoms. The van der Waals surface area contributed by atoms with E-state index in [1.54, 1.807) is 43.3 Å². The average molecular weight is 561 g/mol. The van der Waals surface area contributed by atoms with Crippen LogP contribution in [0.4, 0.5) is 5.69 Å². The van der Waals surface area contributed by atoms with Crippen LogP contribution in [0.25, 0.3) is 0 Å². The second kappa shape index (κ2) is 12.2. The predicted molar refractivity (Wildman–Crippen MR) is 146 cm³/mol. The van der Waals surface area contributed by atoms with Crippen LogP contribution in [0, 0.1) is 5.92 Å². The van der Waals surface area contributed by atoms with E-state index in [2.05, 4.69) is 25.8 Å². The van der Waals surface area contributed by atoms with Crippen LogP contribution in [0.3, 0.4) is 0 Å². The molecule has 1 fully saturated rings. The van der Waals surface area contributed by atoms with Crippen molar-refractivity contribution in [2.75, 3.05) is 33.0 Å². The van der Waals surface area contributed by atoms with Gasteiger partial charge in [0.25, 0.3) is 5.91 Å². The molecule has 204 valence electrons. The third kappa shape index (κ3) is 7.09. The monoisotopic (exact) mass is 560 g/mol. The van der Waals surface area contributed by atoms with Crippen molar-refractivity contribution in [1.82, 2.24) is 25.4 Å². The minimum Gasteiger partial charge on any atom is -0.351 e. The van der Waals surface area contributed by atoms with Gasteiger partial charge < -0.3 is 25.8 Å². The zero-order chi connectivity index (χ0) is 27.4. The lowest BCUT2D eigenvalue weighted by molar-refractivity contribution is -0.134. The van der Waals surface area contributed by atoms with E-state index < -0.39 is 23.9 Å². The molecule has 3 N–H and O–H groups in total. The Bertz CT molecular complexity index is 1200. The van der Waals surface area contributed by atoms with Gasteiger partial charge in [-0.1, -0.05) is 11.6 Å². The van der Waals surface area contributed by atoms with E-state index in [0.29, 0.717) is 35.0 Å². The topological polar surface area (TPSA) is 124 Å². The fourth-order valence-electron chi connectivity index (χ4n) is 4.88. The molecule has 2 aromatic rings. The number of fused-ring (bicyclic) bond motifs is 1. The molecule has 0 saturated heterocycles. The lowest BCUT2D eigenvalue weighted by Gasteiger charge is -2.37. The van der Waals surface area contributed by atoms with Gasteiger partial charge in [0.1, 0.15) is 6.42 Å². The Hall–Kier alpha value is -3.02. The van der Waals surface area contributed by atoms with Crippen molar-refractivity contribution in [1.29, 1.82) is 0 Å². The van der Waals surface area contributed by atoms with Crippen LogP contribution < -0.4 is 16.0 Å². The largest absolute Gasteiger partial charge is 0.351 e. The van der Waals surface area contributed by atoms with Crippen LogP contribution in [-0.2, 0) is 27.3 Å². The number of nitrogens with zero attached hydrogens (tertiary/aromatic N) is 3. The lowest BCUT2D eigenvalue weighted by Crippen LogP contribution is -2.56. The number of hydrogen-bond acceptors (Lipinski definition) is 7. The van der Waals surface area contributed by atoms with E-state index in [1.807, 2.05) is 7.05 Å². The van der Waals surface area contributed by atoms with Crippen LogP contribution in [0.5, 0.6) is 0 Å². The molecule has 2 heterocycles. The van der Waals surface area contributed by atoms with Crippen molar-refractivity contribution in [3.05, 3.63) is 44.9 Å². The summed E-state index contributed by atoms with van der Waals surface area (Å²) in [5.41, 5.74) is 1.50. The molecule has 12 heteroatoms. The summed E-state index contributed by atoms with van der Waals surface area (Å²) in [6.45, 7) is 1.66. The van der Waals surface area contributed by atoms with E-state index in [0.717, 1.165) is 30.1 Å².